The van der Waals surface area contributed by atoms with E-state index in [0.717, 1.165) is 16.8 Å². The van der Waals surface area contributed by atoms with Gasteiger partial charge in [-0.25, -0.2) is 9.50 Å². The summed E-state index contributed by atoms with van der Waals surface area (Å²) in [5.74, 6) is 1.70. The number of aromatic nitrogens is 3. The van der Waals surface area contributed by atoms with Gasteiger partial charge in [0.2, 0.25) is 5.88 Å². The number of nitrogens with two attached hydrogens (primary N) is 1. The SMILES string of the molecule is COc1cc(CN)ccc1Oc1nccn2nc(C)cc12. The molecule has 2 heterocycles. The highest BCUT2D eigenvalue weighted by atomic mass is 16.5. The van der Waals surface area contributed by atoms with E-state index in [0.29, 0.717) is 23.9 Å². The molecule has 3 rings (SSSR count). The molecule has 3 aromatic rings. The summed E-state index contributed by atoms with van der Waals surface area (Å²) in [5, 5.41) is 4.33. The van der Waals surface area contributed by atoms with Crippen LogP contribution in [0.3, 0.4) is 0 Å². The quantitative estimate of drug-likeness (QED) is 0.795. The normalized spacial score (nSPS) is 10.8. The number of ether oxygens (including phenoxy) is 2. The van der Waals surface area contributed by atoms with E-state index in [4.69, 9.17) is 15.2 Å². The van der Waals surface area contributed by atoms with Gasteiger partial charge in [0.1, 0.15) is 5.52 Å². The monoisotopic (exact) mass is 284 g/mol. The van der Waals surface area contributed by atoms with Crippen molar-refractivity contribution >= 4 is 5.52 Å². The first-order valence-corrected chi connectivity index (χ1v) is 6.57. The first kappa shape index (κ1) is 13.4. The van der Waals surface area contributed by atoms with Crippen LogP contribution in [0, 0.1) is 6.92 Å². The fourth-order valence-electron chi connectivity index (χ4n) is 2.13. The topological polar surface area (TPSA) is 74.7 Å². The van der Waals surface area contributed by atoms with Gasteiger partial charge in [-0.1, -0.05) is 6.07 Å². The average Bonchev–Trinajstić information content (AvgIpc) is 2.89. The maximum Gasteiger partial charge on any atom is 0.245 e. The minimum Gasteiger partial charge on any atom is -0.493 e. The molecule has 0 saturated heterocycles. The summed E-state index contributed by atoms with van der Waals surface area (Å²) >= 11 is 0. The van der Waals surface area contributed by atoms with Crippen LogP contribution in [0.4, 0.5) is 0 Å². The maximum atomic E-state index is 5.89. The minimum atomic E-state index is 0.451. The van der Waals surface area contributed by atoms with Crippen molar-refractivity contribution in [3.05, 3.63) is 47.9 Å². The Morgan fingerprint density at radius 3 is 2.86 bits per heavy atom. The molecule has 0 amide bonds. The molecule has 0 aliphatic heterocycles. The molecule has 6 nitrogen and oxygen atoms in total. The summed E-state index contributed by atoms with van der Waals surface area (Å²) in [6.45, 7) is 2.37. The summed E-state index contributed by atoms with van der Waals surface area (Å²) in [7, 11) is 1.60. The van der Waals surface area contributed by atoms with Gasteiger partial charge in [-0.3, -0.25) is 0 Å². The number of methoxy groups -OCH3 is 1. The van der Waals surface area contributed by atoms with Crippen LogP contribution < -0.4 is 15.2 Å². The molecule has 0 aliphatic rings. The zero-order valence-corrected chi connectivity index (χ0v) is 11.9. The van der Waals surface area contributed by atoms with E-state index in [1.54, 1.807) is 24.0 Å². The molecule has 21 heavy (non-hydrogen) atoms. The first-order valence-electron chi connectivity index (χ1n) is 6.57. The Morgan fingerprint density at radius 2 is 2.10 bits per heavy atom. The number of benzene rings is 1. The summed E-state index contributed by atoms with van der Waals surface area (Å²) in [4.78, 5) is 4.27. The Labute approximate surface area is 122 Å². The van der Waals surface area contributed by atoms with Gasteiger partial charge in [0.15, 0.2) is 11.5 Å². The lowest BCUT2D eigenvalue weighted by Crippen LogP contribution is -1.99. The minimum absolute atomic E-state index is 0.451. The predicted molar refractivity (Wildman–Crippen MR) is 78.7 cm³/mol. The van der Waals surface area contributed by atoms with Crippen molar-refractivity contribution < 1.29 is 9.47 Å². The lowest BCUT2D eigenvalue weighted by molar-refractivity contribution is 0.374. The number of hydrogen-bond acceptors (Lipinski definition) is 5. The fraction of sp³-hybridized carbons (Fsp3) is 0.200. The van der Waals surface area contributed by atoms with Gasteiger partial charge in [0.05, 0.1) is 12.8 Å². The summed E-state index contributed by atoms with van der Waals surface area (Å²) in [6.07, 6.45) is 3.43. The van der Waals surface area contributed by atoms with Gasteiger partial charge in [0.25, 0.3) is 0 Å². The van der Waals surface area contributed by atoms with Crippen LogP contribution in [0.1, 0.15) is 11.3 Å². The van der Waals surface area contributed by atoms with Crippen molar-refractivity contribution in [2.75, 3.05) is 7.11 Å². The van der Waals surface area contributed by atoms with E-state index in [9.17, 15) is 0 Å². The molecule has 2 N–H and O–H groups in total. The number of rotatable bonds is 4. The molecule has 2 aromatic heterocycles. The lowest BCUT2D eigenvalue weighted by Gasteiger charge is -2.11. The van der Waals surface area contributed by atoms with Crippen LogP contribution >= 0.6 is 0 Å². The molecule has 1 aromatic carbocycles. The average molecular weight is 284 g/mol. The predicted octanol–water partition coefficient (Wildman–Crippen LogP) is 2.30. The van der Waals surface area contributed by atoms with Crippen LogP contribution in [0.5, 0.6) is 17.4 Å². The van der Waals surface area contributed by atoms with Gasteiger partial charge < -0.3 is 15.2 Å². The molecular formula is C15H16N4O2. The fourth-order valence-corrected chi connectivity index (χ4v) is 2.13. The van der Waals surface area contributed by atoms with E-state index in [1.807, 2.05) is 31.2 Å². The van der Waals surface area contributed by atoms with Crippen LogP contribution in [-0.2, 0) is 6.54 Å². The van der Waals surface area contributed by atoms with E-state index in [2.05, 4.69) is 10.1 Å². The first-order chi connectivity index (χ1) is 10.2. The zero-order chi connectivity index (χ0) is 14.8. The van der Waals surface area contributed by atoms with Crippen LogP contribution in [-0.4, -0.2) is 21.7 Å². The molecule has 0 aliphatic carbocycles. The summed E-state index contributed by atoms with van der Waals surface area (Å²) < 4.78 is 13.0. The lowest BCUT2D eigenvalue weighted by atomic mass is 10.2. The molecule has 0 saturated carbocycles. The summed E-state index contributed by atoms with van der Waals surface area (Å²) in [5.41, 5.74) is 8.32. The second kappa shape index (κ2) is 5.41. The third-order valence-electron chi connectivity index (χ3n) is 3.15. The van der Waals surface area contributed by atoms with E-state index in [-0.39, 0.29) is 0 Å². The van der Waals surface area contributed by atoms with Crippen molar-refractivity contribution in [3.8, 4) is 17.4 Å². The Balaban J connectivity index is 2.02. The molecule has 108 valence electrons. The highest BCUT2D eigenvalue weighted by Crippen LogP contribution is 2.33. The number of fused-ring (bicyclic) bond motifs is 1. The second-order valence-electron chi connectivity index (χ2n) is 4.64. The Morgan fingerprint density at radius 1 is 1.24 bits per heavy atom. The van der Waals surface area contributed by atoms with Crippen molar-refractivity contribution in [1.29, 1.82) is 0 Å². The molecule has 0 atom stereocenters. The van der Waals surface area contributed by atoms with Crippen LogP contribution in [0.25, 0.3) is 5.52 Å². The smallest absolute Gasteiger partial charge is 0.245 e. The van der Waals surface area contributed by atoms with Crippen molar-refractivity contribution in [3.63, 3.8) is 0 Å². The van der Waals surface area contributed by atoms with Gasteiger partial charge in [-0.2, -0.15) is 5.10 Å². The second-order valence-corrected chi connectivity index (χ2v) is 4.64. The Kier molecular flexibility index (Phi) is 3.45. The van der Waals surface area contributed by atoms with E-state index < -0.39 is 0 Å². The highest BCUT2D eigenvalue weighted by molar-refractivity contribution is 5.58. The number of nitrogens with zero attached hydrogens (tertiary/aromatic N) is 3. The van der Waals surface area contributed by atoms with Crippen molar-refractivity contribution in [2.24, 2.45) is 5.73 Å². The van der Waals surface area contributed by atoms with Crippen LogP contribution in [0.2, 0.25) is 0 Å². The standard InChI is InChI=1S/C15H16N4O2/c1-10-7-12-15(17-5-6-19(12)18-10)21-13-4-3-11(9-16)8-14(13)20-2/h3-8H,9,16H2,1-2H3. The molecule has 0 bridgehead atoms. The summed E-state index contributed by atoms with van der Waals surface area (Å²) in [6, 6.07) is 7.51. The van der Waals surface area contributed by atoms with E-state index >= 15 is 0 Å². The third kappa shape index (κ3) is 2.53. The number of aryl methyl sites for hydroxylation is 1. The molecule has 6 heteroatoms. The number of hydrogen-bond donors (Lipinski definition) is 1. The van der Waals surface area contributed by atoms with Gasteiger partial charge in [-0.05, 0) is 30.7 Å². The van der Waals surface area contributed by atoms with Crippen molar-refractivity contribution in [2.45, 2.75) is 13.5 Å². The molecular weight excluding hydrogens is 268 g/mol. The third-order valence-corrected chi connectivity index (χ3v) is 3.15. The van der Waals surface area contributed by atoms with Gasteiger partial charge in [0, 0.05) is 18.9 Å². The Bertz CT molecular complexity index is 782. The molecule has 0 fully saturated rings. The van der Waals surface area contributed by atoms with Gasteiger partial charge in [-0.15, -0.1) is 0 Å². The molecule has 0 radical (unpaired) electrons. The largest absolute Gasteiger partial charge is 0.493 e. The molecule has 0 unspecified atom stereocenters. The maximum absolute atomic E-state index is 5.89. The van der Waals surface area contributed by atoms with E-state index in [1.165, 1.54) is 0 Å². The highest BCUT2D eigenvalue weighted by Gasteiger charge is 2.11. The van der Waals surface area contributed by atoms with Crippen LogP contribution in [0.15, 0.2) is 36.7 Å². The van der Waals surface area contributed by atoms with Gasteiger partial charge >= 0.3 is 0 Å². The Hall–Kier alpha value is -2.60. The molecule has 0 spiro atoms. The van der Waals surface area contributed by atoms with Crippen molar-refractivity contribution in [1.82, 2.24) is 14.6 Å². The zero-order valence-electron chi connectivity index (χ0n) is 11.9.